The standard InChI is InChI=1S/C43H29N7/c1-4-12-28(13-5-1)41-45-42(29-14-6-2-7-15-29)47-43(46-41)30-20-22-32(23-21-30)49-34-19-11-10-18-33(34)38-35(49)24-25-36-39(38)40-37(26-27-44-48-40)50(36)31-16-8-3-9-17-31/h1-6,8-14,16-27H,7,15H2. The Labute approximate surface area is 287 Å². The minimum Gasteiger partial charge on any atom is -0.309 e. The summed E-state index contributed by atoms with van der Waals surface area (Å²) in [5.41, 5.74) is 10.4. The smallest absolute Gasteiger partial charge is 0.164 e. The number of fused-ring (bicyclic) bond motifs is 7. The van der Waals surface area contributed by atoms with Gasteiger partial charge >= 0.3 is 0 Å². The van der Waals surface area contributed by atoms with Gasteiger partial charge in [-0.25, -0.2) is 15.0 Å². The molecule has 0 unspecified atom stereocenters. The van der Waals surface area contributed by atoms with Crippen molar-refractivity contribution in [1.82, 2.24) is 34.3 Å². The number of benzene rings is 5. The summed E-state index contributed by atoms with van der Waals surface area (Å²) in [6, 6.07) is 44.2. The molecule has 236 valence electrons. The Morgan fingerprint density at radius 3 is 1.90 bits per heavy atom. The molecule has 5 aromatic carbocycles. The molecule has 10 rings (SSSR count). The summed E-state index contributed by atoms with van der Waals surface area (Å²) < 4.78 is 4.62. The lowest BCUT2D eigenvalue weighted by Gasteiger charge is -2.12. The van der Waals surface area contributed by atoms with E-state index in [0.717, 1.165) is 85.1 Å². The van der Waals surface area contributed by atoms with Crippen LogP contribution in [-0.2, 0) is 0 Å². The number of hydrogen-bond donors (Lipinski definition) is 0. The maximum Gasteiger partial charge on any atom is 0.164 e. The number of hydrogen-bond acceptors (Lipinski definition) is 5. The lowest BCUT2D eigenvalue weighted by Crippen LogP contribution is -2.04. The number of para-hydroxylation sites is 2. The Hall–Kier alpha value is -6.73. The fourth-order valence-electron chi connectivity index (χ4n) is 7.34. The summed E-state index contributed by atoms with van der Waals surface area (Å²) in [4.78, 5) is 14.9. The molecular weight excluding hydrogens is 615 g/mol. The minimum absolute atomic E-state index is 0.659. The number of nitrogens with zero attached hydrogens (tertiary/aromatic N) is 7. The molecule has 0 radical (unpaired) electrons. The van der Waals surface area contributed by atoms with Gasteiger partial charge in [0.1, 0.15) is 5.52 Å². The van der Waals surface area contributed by atoms with Crippen molar-refractivity contribution in [2.45, 2.75) is 12.8 Å². The van der Waals surface area contributed by atoms with Crippen LogP contribution in [0.5, 0.6) is 0 Å². The summed E-state index contributed by atoms with van der Waals surface area (Å²) in [7, 11) is 0. The molecule has 1 aliphatic rings. The molecule has 50 heavy (non-hydrogen) atoms. The first-order chi connectivity index (χ1) is 24.8. The number of rotatable bonds is 5. The van der Waals surface area contributed by atoms with Crippen molar-refractivity contribution in [2.24, 2.45) is 0 Å². The highest BCUT2D eigenvalue weighted by molar-refractivity contribution is 6.28. The molecule has 4 aromatic heterocycles. The van der Waals surface area contributed by atoms with E-state index < -0.39 is 0 Å². The third-order valence-corrected chi connectivity index (χ3v) is 9.60. The van der Waals surface area contributed by atoms with Crippen molar-refractivity contribution in [3.8, 4) is 34.2 Å². The first kappa shape index (κ1) is 28.3. The fourth-order valence-corrected chi connectivity index (χ4v) is 7.34. The first-order valence-electron chi connectivity index (χ1n) is 16.8. The second-order valence-electron chi connectivity index (χ2n) is 12.5. The lowest BCUT2D eigenvalue weighted by molar-refractivity contribution is 0.978. The van der Waals surface area contributed by atoms with Gasteiger partial charge in [0.05, 0.1) is 28.3 Å². The van der Waals surface area contributed by atoms with Crippen molar-refractivity contribution in [2.75, 3.05) is 0 Å². The first-order valence-corrected chi connectivity index (χ1v) is 16.8. The predicted molar refractivity (Wildman–Crippen MR) is 201 cm³/mol. The molecule has 7 nitrogen and oxygen atoms in total. The van der Waals surface area contributed by atoms with Crippen molar-refractivity contribution in [3.63, 3.8) is 0 Å². The summed E-state index contributed by atoms with van der Waals surface area (Å²) in [6.07, 6.45) is 10.0. The average molecular weight is 644 g/mol. The van der Waals surface area contributed by atoms with Crippen LogP contribution < -0.4 is 0 Å². The van der Waals surface area contributed by atoms with Gasteiger partial charge in [-0.2, -0.15) is 5.10 Å². The van der Waals surface area contributed by atoms with E-state index in [1.165, 1.54) is 5.39 Å². The zero-order valence-corrected chi connectivity index (χ0v) is 27.0. The molecule has 0 saturated carbocycles. The van der Waals surface area contributed by atoms with Crippen molar-refractivity contribution < 1.29 is 0 Å². The van der Waals surface area contributed by atoms with E-state index in [1.54, 1.807) is 6.20 Å². The highest BCUT2D eigenvalue weighted by atomic mass is 15.1. The Morgan fingerprint density at radius 2 is 1.14 bits per heavy atom. The fraction of sp³-hybridized carbons (Fsp3) is 0.0465. The molecule has 0 aliphatic heterocycles. The summed E-state index contributed by atoms with van der Waals surface area (Å²) in [6.45, 7) is 0. The van der Waals surface area contributed by atoms with Crippen LogP contribution in [0.15, 0.2) is 152 Å². The SMILES string of the molecule is C1=CCCC(c2nc(-c3ccccc3)nc(-c3ccc(-n4c5ccccc5c5c6c7nnccc7n(-c7ccccc7)c6ccc54)cc3)n2)=C1. The van der Waals surface area contributed by atoms with Gasteiger partial charge in [0.25, 0.3) is 0 Å². The third kappa shape index (κ3) is 4.48. The molecule has 0 atom stereocenters. The van der Waals surface area contributed by atoms with Gasteiger partial charge in [-0.05, 0) is 79.1 Å². The van der Waals surface area contributed by atoms with Crippen LogP contribution in [0.1, 0.15) is 18.7 Å². The van der Waals surface area contributed by atoms with E-state index in [4.69, 9.17) is 20.1 Å². The van der Waals surface area contributed by atoms with Crippen LogP contribution in [0, 0.1) is 0 Å². The molecule has 1 aliphatic carbocycles. The summed E-state index contributed by atoms with van der Waals surface area (Å²) >= 11 is 0. The quantitative estimate of drug-likeness (QED) is 0.187. The zero-order chi connectivity index (χ0) is 33.0. The summed E-state index contributed by atoms with van der Waals surface area (Å²) in [5.74, 6) is 2.06. The van der Waals surface area contributed by atoms with Crippen LogP contribution in [0.2, 0.25) is 0 Å². The van der Waals surface area contributed by atoms with Crippen molar-refractivity contribution in [1.29, 1.82) is 0 Å². The van der Waals surface area contributed by atoms with E-state index in [2.05, 4.69) is 123 Å². The molecule has 4 heterocycles. The molecule has 0 fully saturated rings. The predicted octanol–water partition coefficient (Wildman–Crippen LogP) is 9.92. The average Bonchev–Trinajstić information content (AvgIpc) is 3.72. The van der Waals surface area contributed by atoms with Crippen molar-refractivity contribution in [3.05, 3.63) is 158 Å². The lowest BCUT2D eigenvalue weighted by atomic mass is 10.0. The highest BCUT2D eigenvalue weighted by Gasteiger charge is 2.21. The Kier molecular flexibility index (Phi) is 6.48. The molecule has 7 heteroatoms. The third-order valence-electron chi connectivity index (χ3n) is 9.60. The minimum atomic E-state index is 0.659. The number of allylic oxidation sites excluding steroid dienone is 4. The van der Waals surface area contributed by atoms with E-state index in [0.29, 0.717) is 11.6 Å². The Morgan fingerprint density at radius 1 is 0.500 bits per heavy atom. The highest BCUT2D eigenvalue weighted by Crippen LogP contribution is 2.41. The Balaban J connectivity index is 1.16. The van der Waals surface area contributed by atoms with Crippen LogP contribution in [0.3, 0.4) is 0 Å². The maximum absolute atomic E-state index is 4.99. The maximum atomic E-state index is 4.99. The molecule has 9 aromatic rings. The van der Waals surface area contributed by atoms with E-state index in [-0.39, 0.29) is 0 Å². The molecule has 0 amide bonds. The second-order valence-corrected chi connectivity index (χ2v) is 12.5. The van der Waals surface area contributed by atoms with Crippen LogP contribution in [0.25, 0.3) is 83.5 Å². The largest absolute Gasteiger partial charge is 0.309 e. The molecular formula is C43H29N7. The van der Waals surface area contributed by atoms with E-state index in [9.17, 15) is 0 Å². The monoisotopic (exact) mass is 643 g/mol. The second kappa shape index (κ2) is 11.5. The van der Waals surface area contributed by atoms with E-state index in [1.807, 2.05) is 36.4 Å². The summed E-state index contributed by atoms with van der Waals surface area (Å²) in [5, 5.41) is 12.5. The van der Waals surface area contributed by atoms with Gasteiger partial charge in [0, 0.05) is 38.7 Å². The van der Waals surface area contributed by atoms with Crippen LogP contribution in [-0.4, -0.2) is 34.3 Å². The van der Waals surface area contributed by atoms with Gasteiger partial charge in [-0.3, -0.25) is 0 Å². The Bertz CT molecular complexity index is 2790. The molecule has 0 N–H and O–H groups in total. The van der Waals surface area contributed by atoms with Gasteiger partial charge in [-0.1, -0.05) is 85.0 Å². The van der Waals surface area contributed by atoms with Crippen LogP contribution >= 0.6 is 0 Å². The normalized spacial score (nSPS) is 13.1. The van der Waals surface area contributed by atoms with Crippen molar-refractivity contribution >= 4 is 49.3 Å². The van der Waals surface area contributed by atoms with Gasteiger partial charge in [0.2, 0.25) is 0 Å². The van der Waals surface area contributed by atoms with Gasteiger partial charge in [0.15, 0.2) is 17.5 Å². The topological polar surface area (TPSA) is 74.3 Å². The molecule has 0 spiro atoms. The zero-order valence-electron chi connectivity index (χ0n) is 27.0. The van der Waals surface area contributed by atoms with Gasteiger partial charge in [-0.15, -0.1) is 5.10 Å². The number of aromatic nitrogens is 7. The molecule has 0 saturated heterocycles. The molecule has 0 bridgehead atoms. The van der Waals surface area contributed by atoms with Gasteiger partial charge < -0.3 is 9.13 Å². The van der Waals surface area contributed by atoms with Crippen LogP contribution in [0.4, 0.5) is 0 Å². The van der Waals surface area contributed by atoms with E-state index >= 15 is 0 Å².